The Bertz CT molecular complexity index is 409. The Hall–Kier alpha value is -1.35. The minimum atomic E-state index is 0.327. The molecule has 13 heavy (non-hydrogen) atoms. The van der Waals surface area contributed by atoms with E-state index in [2.05, 4.69) is 4.98 Å². The summed E-state index contributed by atoms with van der Waals surface area (Å²) in [4.78, 5) is 4.20. The van der Waals surface area contributed by atoms with Crippen molar-refractivity contribution in [2.24, 2.45) is 0 Å². The van der Waals surface area contributed by atoms with Crippen molar-refractivity contribution in [3.05, 3.63) is 35.3 Å². The van der Waals surface area contributed by atoms with Crippen molar-refractivity contribution in [2.45, 2.75) is 6.92 Å². The van der Waals surface area contributed by atoms with Crippen molar-refractivity contribution in [3.63, 3.8) is 0 Å². The monoisotopic (exact) mass is 191 g/mol. The van der Waals surface area contributed by atoms with E-state index in [4.69, 9.17) is 0 Å². The van der Waals surface area contributed by atoms with Gasteiger partial charge in [0.05, 0.1) is 0 Å². The zero-order chi connectivity index (χ0) is 9.26. The van der Waals surface area contributed by atoms with Crippen LogP contribution in [0.25, 0.3) is 10.6 Å². The lowest BCUT2D eigenvalue weighted by Crippen LogP contribution is -1.81. The molecule has 0 atom stereocenters. The van der Waals surface area contributed by atoms with Gasteiger partial charge in [0, 0.05) is 22.7 Å². The predicted molar refractivity (Wildman–Crippen MR) is 54.0 cm³/mol. The molecule has 3 heteroatoms. The normalized spacial score (nSPS) is 10.2. The average molecular weight is 191 g/mol. The number of phenols is 1. The van der Waals surface area contributed by atoms with Crippen LogP contribution in [-0.4, -0.2) is 10.1 Å². The van der Waals surface area contributed by atoms with Gasteiger partial charge in [-0.1, -0.05) is 12.1 Å². The number of rotatable bonds is 1. The second-order valence-corrected chi connectivity index (χ2v) is 3.68. The number of hydrogen-bond donors (Lipinski definition) is 1. The van der Waals surface area contributed by atoms with E-state index in [1.807, 2.05) is 24.4 Å². The molecule has 1 N–H and O–H groups in total. The molecule has 0 bridgehead atoms. The lowest BCUT2D eigenvalue weighted by molar-refractivity contribution is 0.471. The molecule has 1 aromatic carbocycles. The van der Waals surface area contributed by atoms with E-state index in [0.717, 1.165) is 16.1 Å². The van der Waals surface area contributed by atoms with Gasteiger partial charge in [0.2, 0.25) is 0 Å². The lowest BCUT2D eigenvalue weighted by Gasteiger charge is -2.03. The Morgan fingerprint density at radius 3 is 2.92 bits per heavy atom. The number of aromatic nitrogens is 1. The molecule has 2 rings (SSSR count). The van der Waals surface area contributed by atoms with Crippen LogP contribution in [0.3, 0.4) is 0 Å². The van der Waals surface area contributed by atoms with Crippen LogP contribution in [0.15, 0.2) is 29.8 Å². The lowest BCUT2D eigenvalue weighted by atomic mass is 10.1. The fourth-order valence-corrected chi connectivity index (χ4v) is 1.93. The van der Waals surface area contributed by atoms with Gasteiger partial charge in [-0.2, -0.15) is 0 Å². The quantitative estimate of drug-likeness (QED) is 0.751. The third-order valence-electron chi connectivity index (χ3n) is 1.97. The molecule has 66 valence electrons. The maximum atomic E-state index is 9.48. The third-order valence-corrected chi connectivity index (χ3v) is 2.77. The number of phenolic OH excluding ortho intramolecular Hbond substituents is 1. The molecule has 1 aromatic heterocycles. The highest BCUT2D eigenvalue weighted by Crippen LogP contribution is 2.29. The summed E-state index contributed by atoms with van der Waals surface area (Å²) in [6, 6.07) is 5.49. The van der Waals surface area contributed by atoms with E-state index in [-0.39, 0.29) is 0 Å². The van der Waals surface area contributed by atoms with Crippen molar-refractivity contribution in [3.8, 4) is 16.3 Å². The maximum Gasteiger partial charge on any atom is 0.123 e. The van der Waals surface area contributed by atoms with Crippen LogP contribution >= 0.6 is 11.3 Å². The topological polar surface area (TPSA) is 33.1 Å². The van der Waals surface area contributed by atoms with Gasteiger partial charge >= 0.3 is 0 Å². The molecule has 0 aliphatic heterocycles. The zero-order valence-electron chi connectivity index (χ0n) is 7.19. The summed E-state index contributed by atoms with van der Waals surface area (Å²) in [5.41, 5.74) is 1.90. The molecule has 0 radical (unpaired) electrons. The van der Waals surface area contributed by atoms with Crippen LogP contribution in [0.4, 0.5) is 0 Å². The average Bonchev–Trinajstić information content (AvgIpc) is 2.62. The third kappa shape index (κ3) is 1.42. The molecule has 0 saturated carbocycles. The Morgan fingerprint density at radius 2 is 2.23 bits per heavy atom. The second kappa shape index (κ2) is 3.18. The van der Waals surface area contributed by atoms with Gasteiger partial charge in [0.15, 0.2) is 0 Å². The first kappa shape index (κ1) is 8.26. The fraction of sp³-hybridized carbons (Fsp3) is 0.100. The van der Waals surface area contributed by atoms with Gasteiger partial charge < -0.3 is 5.11 Å². The number of benzene rings is 1. The van der Waals surface area contributed by atoms with Crippen molar-refractivity contribution < 1.29 is 5.11 Å². The molecule has 2 nitrogen and oxygen atoms in total. The van der Waals surface area contributed by atoms with Gasteiger partial charge in [0.1, 0.15) is 10.8 Å². The molecule has 0 saturated heterocycles. The summed E-state index contributed by atoms with van der Waals surface area (Å²) in [7, 11) is 0. The van der Waals surface area contributed by atoms with Crippen molar-refractivity contribution in [2.75, 3.05) is 0 Å². The zero-order valence-corrected chi connectivity index (χ0v) is 8.01. The molecular weight excluding hydrogens is 182 g/mol. The maximum absolute atomic E-state index is 9.48. The Morgan fingerprint density at radius 1 is 1.38 bits per heavy atom. The SMILES string of the molecule is Cc1c(O)cccc1-c1nccs1. The van der Waals surface area contributed by atoms with E-state index < -0.39 is 0 Å². The molecule has 0 fully saturated rings. The van der Waals surface area contributed by atoms with Crippen LogP contribution < -0.4 is 0 Å². The van der Waals surface area contributed by atoms with E-state index in [9.17, 15) is 5.11 Å². The molecule has 1 heterocycles. The standard InChI is InChI=1S/C10H9NOS/c1-7-8(3-2-4-9(7)12)10-11-5-6-13-10/h2-6,12H,1H3. The van der Waals surface area contributed by atoms with Crippen molar-refractivity contribution in [1.29, 1.82) is 0 Å². The Labute approximate surface area is 80.5 Å². The van der Waals surface area contributed by atoms with Crippen LogP contribution in [0.2, 0.25) is 0 Å². The number of aromatic hydroxyl groups is 1. The van der Waals surface area contributed by atoms with Crippen LogP contribution in [0, 0.1) is 6.92 Å². The summed E-state index contributed by atoms with van der Waals surface area (Å²) in [5.74, 6) is 0.327. The highest BCUT2D eigenvalue weighted by Gasteiger charge is 2.06. The first-order chi connectivity index (χ1) is 6.29. The minimum absolute atomic E-state index is 0.327. The smallest absolute Gasteiger partial charge is 0.123 e. The first-order valence-corrected chi connectivity index (χ1v) is 4.85. The van der Waals surface area contributed by atoms with Gasteiger partial charge in [-0.15, -0.1) is 11.3 Å². The fourth-order valence-electron chi connectivity index (χ4n) is 1.21. The predicted octanol–water partition coefficient (Wildman–Crippen LogP) is 2.82. The van der Waals surface area contributed by atoms with Crippen LogP contribution in [0.5, 0.6) is 5.75 Å². The summed E-state index contributed by atoms with van der Waals surface area (Å²) in [6.07, 6.45) is 1.77. The van der Waals surface area contributed by atoms with E-state index in [1.165, 1.54) is 0 Å². The Balaban J connectivity index is 2.59. The van der Waals surface area contributed by atoms with E-state index >= 15 is 0 Å². The second-order valence-electron chi connectivity index (χ2n) is 2.79. The Kier molecular flexibility index (Phi) is 2.02. The summed E-state index contributed by atoms with van der Waals surface area (Å²) >= 11 is 1.58. The van der Waals surface area contributed by atoms with E-state index in [0.29, 0.717) is 5.75 Å². The van der Waals surface area contributed by atoms with Crippen LogP contribution in [-0.2, 0) is 0 Å². The van der Waals surface area contributed by atoms with Gasteiger partial charge in [0.25, 0.3) is 0 Å². The van der Waals surface area contributed by atoms with Crippen molar-refractivity contribution >= 4 is 11.3 Å². The highest BCUT2D eigenvalue weighted by molar-refractivity contribution is 7.13. The van der Waals surface area contributed by atoms with Gasteiger partial charge in [-0.25, -0.2) is 4.98 Å². The van der Waals surface area contributed by atoms with Gasteiger partial charge in [-0.05, 0) is 13.0 Å². The largest absolute Gasteiger partial charge is 0.508 e. The number of hydrogen-bond acceptors (Lipinski definition) is 3. The van der Waals surface area contributed by atoms with E-state index in [1.54, 1.807) is 23.6 Å². The first-order valence-electron chi connectivity index (χ1n) is 3.97. The number of nitrogens with zero attached hydrogens (tertiary/aromatic N) is 1. The summed E-state index contributed by atoms with van der Waals surface area (Å²) in [6.45, 7) is 1.89. The summed E-state index contributed by atoms with van der Waals surface area (Å²) in [5, 5.41) is 12.4. The minimum Gasteiger partial charge on any atom is -0.508 e. The highest BCUT2D eigenvalue weighted by atomic mass is 32.1. The number of thiazole rings is 1. The molecule has 0 aliphatic rings. The summed E-state index contributed by atoms with van der Waals surface area (Å²) < 4.78 is 0. The molecule has 2 aromatic rings. The van der Waals surface area contributed by atoms with Crippen LogP contribution in [0.1, 0.15) is 5.56 Å². The molecule has 0 spiro atoms. The van der Waals surface area contributed by atoms with Gasteiger partial charge in [-0.3, -0.25) is 0 Å². The molecule has 0 aliphatic carbocycles. The molecule has 0 amide bonds. The van der Waals surface area contributed by atoms with Crippen molar-refractivity contribution in [1.82, 2.24) is 4.98 Å². The molecule has 0 unspecified atom stereocenters. The molecular formula is C10H9NOS.